The molecule has 0 bridgehead atoms. The van der Waals surface area contributed by atoms with Crippen molar-refractivity contribution in [3.05, 3.63) is 75.8 Å². The lowest BCUT2D eigenvalue weighted by Crippen LogP contribution is -2.40. The van der Waals surface area contributed by atoms with Crippen molar-refractivity contribution in [1.82, 2.24) is 29.6 Å². The van der Waals surface area contributed by atoms with Gasteiger partial charge in [0.05, 0.1) is 6.20 Å². The lowest BCUT2D eigenvalue weighted by Gasteiger charge is -2.32. The maximum atomic E-state index is 13.7. The van der Waals surface area contributed by atoms with Crippen molar-refractivity contribution in [2.75, 3.05) is 26.3 Å². The summed E-state index contributed by atoms with van der Waals surface area (Å²) < 4.78 is 12.9. The molecule has 0 spiro atoms. The first-order chi connectivity index (χ1) is 19.0. The fourth-order valence-electron chi connectivity index (χ4n) is 6.02. The van der Waals surface area contributed by atoms with Gasteiger partial charge in [0.25, 0.3) is 5.91 Å². The molecule has 2 aliphatic heterocycles. The molecule has 204 valence electrons. The Bertz CT molecular complexity index is 1490. The molecule has 5 heterocycles. The van der Waals surface area contributed by atoms with Crippen LogP contribution in [0.2, 0.25) is 0 Å². The minimum atomic E-state index is -0.0129. The van der Waals surface area contributed by atoms with Gasteiger partial charge in [-0.3, -0.25) is 4.79 Å². The summed E-state index contributed by atoms with van der Waals surface area (Å²) in [6, 6.07) is 8.41. The summed E-state index contributed by atoms with van der Waals surface area (Å²) in [4.78, 5) is 25.2. The normalized spacial score (nSPS) is 18.6. The molecule has 0 N–H and O–H groups in total. The highest BCUT2D eigenvalue weighted by Gasteiger charge is 2.29. The minimum absolute atomic E-state index is 0.0129. The summed E-state index contributed by atoms with van der Waals surface area (Å²) >= 11 is 0. The number of likely N-dealkylation sites (tertiary alicyclic amines) is 1. The predicted molar refractivity (Wildman–Crippen MR) is 146 cm³/mol. The van der Waals surface area contributed by atoms with E-state index in [0.29, 0.717) is 36.0 Å². The number of carbonyl (C=O) groups excluding carboxylic acids is 1. The fraction of sp³-hybridized carbons (Fsp3) is 0.500. The molecule has 9 heteroatoms. The smallest absolute Gasteiger partial charge is 0.259 e. The van der Waals surface area contributed by atoms with Gasteiger partial charge in [-0.2, -0.15) is 10.1 Å². The number of hydrogen-bond acceptors (Lipinski definition) is 7. The third kappa shape index (κ3) is 5.20. The Kier molecular flexibility index (Phi) is 7.16. The van der Waals surface area contributed by atoms with E-state index in [4.69, 9.17) is 19.2 Å². The number of aromatic nitrogens is 5. The number of benzene rings is 1. The summed E-state index contributed by atoms with van der Waals surface area (Å²) in [6.07, 6.45) is 7.00. The van der Waals surface area contributed by atoms with E-state index in [1.165, 1.54) is 11.1 Å². The number of carbonyl (C=O) groups is 1. The number of rotatable bonds is 6. The summed E-state index contributed by atoms with van der Waals surface area (Å²) in [5.41, 5.74) is 6.82. The monoisotopic (exact) mass is 528 g/mol. The Morgan fingerprint density at radius 3 is 2.72 bits per heavy atom. The van der Waals surface area contributed by atoms with Crippen LogP contribution in [0.5, 0.6) is 0 Å². The molecule has 0 aliphatic carbocycles. The Morgan fingerprint density at radius 1 is 1.08 bits per heavy atom. The van der Waals surface area contributed by atoms with E-state index in [1.54, 1.807) is 6.20 Å². The van der Waals surface area contributed by atoms with Gasteiger partial charge in [-0.1, -0.05) is 29.4 Å². The van der Waals surface area contributed by atoms with E-state index in [1.807, 2.05) is 16.3 Å². The van der Waals surface area contributed by atoms with Crippen molar-refractivity contribution in [3.8, 4) is 0 Å². The van der Waals surface area contributed by atoms with Crippen molar-refractivity contribution in [1.29, 1.82) is 0 Å². The predicted octanol–water partition coefficient (Wildman–Crippen LogP) is 4.62. The van der Waals surface area contributed by atoms with Gasteiger partial charge in [0.15, 0.2) is 11.5 Å². The fourth-order valence-corrected chi connectivity index (χ4v) is 6.02. The van der Waals surface area contributed by atoms with Crippen molar-refractivity contribution >= 4 is 11.6 Å². The molecule has 2 fully saturated rings. The molecule has 0 radical (unpaired) electrons. The molecule has 1 aromatic carbocycles. The topological polar surface area (TPSA) is 98.7 Å². The maximum Gasteiger partial charge on any atom is 0.259 e. The average Bonchev–Trinajstić information content (AvgIpc) is 3.60. The van der Waals surface area contributed by atoms with Gasteiger partial charge in [-0.05, 0) is 69.1 Å². The number of amides is 1. The number of fused-ring (bicyclic) bond motifs is 1. The molecule has 2 aliphatic rings. The van der Waals surface area contributed by atoms with E-state index in [2.05, 4.69) is 48.4 Å². The molecule has 9 nitrogen and oxygen atoms in total. The molecular weight excluding hydrogens is 492 g/mol. The van der Waals surface area contributed by atoms with Gasteiger partial charge in [0.1, 0.15) is 5.56 Å². The number of nitrogens with zero attached hydrogens (tertiary/aromatic N) is 6. The highest BCUT2D eigenvalue weighted by atomic mass is 16.5. The molecule has 0 saturated carbocycles. The van der Waals surface area contributed by atoms with E-state index in [9.17, 15) is 4.79 Å². The summed E-state index contributed by atoms with van der Waals surface area (Å²) in [7, 11) is 0. The number of ether oxygens (including phenoxy) is 1. The molecule has 1 amide bonds. The third-order valence-electron chi connectivity index (χ3n) is 8.41. The van der Waals surface area contributed by atoms with Crippen molar-refractivity contribution in [2.24, 2.45) is 5.92 Å². The zero-order chi connectivity index (χ0) is 26.9. The van der Waals surface area contributed by atoms with Gasteiger partial charge < -0.3 is 14.2 Å². The largest absolute Gasteiger partial charge is 0.381 e. The molecule has 1 atom stereocenters. The zero-order valence-electron chi connectivity index (χ0n) is 23.0. The molecule has 4 aromatic rings. The van der Waals surface area contributed by atoms with Crippen molar-refractivity contribution < 1.29 is 14.1 Å². The van der Waals surface area contributed by atoms with Crippen LogP contribution in [0.1, 0.15) is 81.8 Å². The summed E-state index contributed by atoms with van der Waals surface area (Å²) in [5, 5.41) is 8.85. The third-order valence-corrected chi connectivity index (χ3v) is 8.41. The lowest BCUT2D eigenvalue weighted by molar-refractivity contribution is 0.0669. The number of aryl methyl sites for hydroxylation is 3. The Balaban J connectivity index is 1.17. The number of hydrogen-bond donors (Lipinski definition) is 0. The van der Waals surface area contributed by atoms with Gasteiger partial charge in [-0.15, -0.1) is 0 Å². The van der Waals surface area contributed by atoms with Crippen LogP contribution in [0.15, 0.2) is 35.0 Å². The first-order valence-electron chi connectivity index (χ1n) is 14.1. The zero-order valence-corrected chi connectivity index (χ0v) is 23.0. The highest BCUT2D eigenvalue weighted by Crippen LogP contribution is 2.27. The Labute approximate surface area is 228 Å². The standard InChI is InChI=1S/C30H36N6O3/c1-19-7-4-5-9-24(19)16-25-20(2)32-29-26(17-31-36(29)21(25)3)30(37)35-12-6-8-22(18-35)15-27-33-28(34-39-27)23-10-13-38-14-11-23/h4-5,7,9,17,22-23H,6,8,10-16,18H2,1-3H3. The quantitative estimate of drug-likeness (QED) is 0.360. The summed E-state index contributed by atoms with van der Waals surface area (Å²) in [5.74, 6) is 2.04. The van der Waals surface area contributed by atoms with E-state index in [-0.39, 0.29) is 11.8 Å². The average molecular weight is 529 g/mol. The SMILES string of the molecule is Cc1ccccc1Cc1c(C)nc2c(C(=O)N3CCCC(Cc4nc(C5CCOCC5)no4)C3)cnn2c1C. The van der Waals surface area contributed by atoms with Crippen LogP contribution < -0.4 is 0 Å². The van der Waals surface area contributed by atoms with E-state index in [0.717, 1.165) is 74.6 Å². The molecular formula is C30H36N6O3. The van der Waals surface area contributed by atoms with Crippen molar-refractivity contribution in [2.45, 2.75) is 65.2 Å². The van der Waals surface area contributed by atoms with Crippen LogP contribution >= 0.6 is 0 Å². The highest BCUT2D eigenvalue weighted by molar-refractivity contribution is 5.99. The Morgan fingerprint density at radius 2 is 1.90 bits per heavy atom. The van der Waals surface area contributed by atoms with Crippen molar-refractivity contribution in [3.63, 3.8) is 0 Å². The van der Waals surface area contributed by atoms with Gasteiger partial charge in [-0.25, -0.2) is 9.50 Å². The van der Waals surface area contributed by atoms with Crippen LogP contribution in [0.25, 0.3) is 5.65 Å². The van der Waals surface area contributed by atoms with Crippen LogP contribution in [-0.4, -0.2) is 61.8 Å². The second-order valence-corrected chi connectivity index (χ2v) is 11.1. The van der Waals surface area contributed by atoms with Gasteiger partial charge >= 0.3 is 0 Å². The second kappa shape index (κ2) is 10.9. The van der Waals surface area contributed by atoms with E-state index >= 15 is 0 Å². The van der Waals surface area contributed by atoms with Crippen LogP contribution in [0.4, 0.5) is 0 Å². The Hall–Kier alpha value is -3.59. The first kappa shape index (κ1) is 25.7. The molecule has 3 aromatic heterocycles. The second-order valence-electron chi connectivity index (χ2n) is 11.1. The molecule has 1 unspecified atom stereocenters. The van der Waals surface area contributed by atoms with Gasteiger partial charge in [0.2, 0.25) is 5.89 Å². The maximum absolute atomic E-state index is 13.7. The molecule has 39 heavy (non-hydrogen) atoms. The minimum Gasteiger partial charge on any atom is -0.381 e. The van der Waals surface area contributed by atoms with Crippen LogP contribution in [0, 0.1) is 26.7 Å². The lowest BCUT2D eigenvalue weighted by atomic mass is 9.94. The number of piperidine rings is 1. The summed E-state index contributed by atoms with van der Waals surface area (Å²) in [6.45, 7) is 9.11. The first-order valence-corrected chi connectivity index (χ1v) is 14.1. The van der Waals surface area contributed by atoms with Crippen LogP contribution in [0.3, 0.4) is 0 Å². The van der Waals surface area contributed by atoms with Gasteiger partial charge in [0, 0.05) is 56.5 Å². The van der Waals surface area contributed by atoms with Crippen LogP contribution in [-0.2, 0) is 17.6 Å². The molecule has 2 saturated heterocycles. The van der Waals surface area contributed by atoms with E-state index < -0.39 is 0 Å². The molecule has 6 rings (SSSR count).